The Bertz CT molecular complexity index is 706. The van der Waals surface area contributed by atoms with E-state index in [0.717, 1.165) is 6.42 Å². The minimum Gasteiger partial charge on any atom is -0.466 e. The molecule has 0 saturated carbocycles. The standard InChI is InChI=1S/C18H22ClFN2O3S/c1-4-25-10-6-9-22-11(2)14(17(23)24-3)16(21-18(22)26)15-12(19)7-5-8-13(15)20/h5,7-8,16H,4,6,9-10H2,1-3H3,(H,21,26)/t16-/m0/s1. The van der Waals surface area contributed by atoms with Crippen LogP contribution >= 0.6 is 23.8 Å². The summed E-state index contributed by atoms with van der Waals surface area (Å²) in [5, 5.41) is 3.65. The van der Waals surface area contributed by atoms with Gasteiger partial charge in [0.1, 0.15) is 5.82 Å². The second kappa shape index (κ2) is 9.30. The molecule has 1 aromatic carbocycles. The van der Waals surface area contributed by atoms with Crippen molar-refractivity contribution in [2.45, 2.75) is 26.3 Å². The second-order valence-corrected chi connectivity index (χ2v) is 6.50. The highest BCUT2D eigenvalue weighted by molar-refractivity contribution is 7.80. The molecule has 0 amide bonds. The van der Waals surface area contributed by atoms with E-state index in [1.165, 1.54) is 19.2 Å². The van der Waals surface area contributed by atoms with Gasteiger partial charge in [-0.3, -0.25) is 0 Å². The van der Waals surface area contributed by atoms with Crippen molar-refractivity contribution in [2.75, 3.05) is 26.9 Å². The van der Waals surface area contributed by atoms with Crippen molar-refractivity contribution >= 4 is 34.9 Å². The van der Waals surface area contributed by atoms with Gasteiger partial charge in [-0.15, -0.1) is 0 Å². The van der Waals surface area contributed by atoms with Crippen molar-refractivity contribution < 1.29 is 18.7 Å². The third-order valence-corrected chi connectivity index (χ3v) is 4.83. The highest BCUT2D eigenvalue weighted by Crippen LogP contribution is 2.36. The zero-order valence-electron chi connectivity index (χ0n) is 15.0. The number of hydrogen-bond donors (Lipinski definition) is 1. The van der Waals surface area contributed by atoms with Gasteiger partial charge in [-0.2, -0.15) is 0 Å². The Morgan fingerprint density at radius 3 is 2.81 bits per heavy atom. The fourth-order valence-electron chi connectivity index (χ4n) is 2.90. The first-order valence-corrected chi connectivity index (χ1v) is 9.09. The normalized spacial score (nSPS) is 17.3. The molecule has 0 fully saturated rings. The van der Waals surface area contributed by atoms with E-state index in [0.29, 0.717) is 30.6 Å². The minimum atomic E-state index is -0.813. The lowest BCUT2D eigenvalue weighted by molar-refractivity contribution is -0.136. The molecule has 26 heavy (non-hydrogen) atoms. The number of carbonyl (C=O) groups excluding carboxylic acids is 1. The number of carbonyl (C=O) groups is 1. The molecule has 1 N–H and O–H groups in total. The SMILES string of the molecule is CCOCCCN1C(=S)N[C@H](c2c(F)cccc2Cl)C(C(=O)OC)=C1C. The average molecular weight is 401 g/mol. The van der Waals surface area contributed by atoms with E-state index in [2.05, 4.69) is 5.32 Å². The maximum absolute atomic E-state index is 14.4. The number of nitrogens with one attached hydrogen (secondary N) is 1. The third kappa shape index (κ3) is 4.34. The molecule has 0 radical (unpaired) electrons. The lowest BCUT2D eigenvalue weighted by Gasteiger charge is -2.37. The summed E-state index contributed by atoms with van der Waals surface area (Å²) in [6, 6.07) is 3.57. The number of allylic oxidation sites excluding steroid dienone is 1. The van der Waals surface area contributed by atoms with Gasteiger partial charge in [0.05, 0.1) is 18.7 Å². The van der Waals surface area contributed by atoms with Crippen molar-refractivity contribution in [3.05, 3.63) is 45.9 Å². The summed E-state index contributed by atoms with van der Waals surface area (Å²) in [7, 11) is 1.29. The summed E-state index contributed by atoms with van der Waals surface area (Å²) in [6.07, 6.45) is 0.729. The van der Waals surface area contributed by atoms with Crippen LogP contribution in [0.2, 0.25) is 5.02 Å². The van der Waals surface area contributed by atoms with Gasteiger partial charge in [0.25, 0.3) is 0 Å². The van der Waals surface area contributed by atoms with Crippen LogP contribution in [0, 0.1) is 5.82 Å². The number of benzene rings is 1. The summed E-state index contributed by atoms with van der Waals surface area (Å²) in [5.74, 6) is -1.08. The molecule has 5 nitrogen and oxygen atoms in total. The molecule has 1 aliphatic heterocycles. The lowest BCUT2D eigenvalue weighted by Crippen LogP contribution is -2.48. The molecule has 0 bridgehead atoms. The molecule has 1 aromatic rings. The molecule has 0 aromatic heterocycles. The second-order valence-electron chi connectivity index (χ2n) is 5.71. The first-order valence-electron chi connectivity index (χ1n) is 8.31. The molecule has 2 rings (SSSR count). The summed E-state index contributed by atoms with van der Waals surface area (Å²) < 4.78 is 24.7. The van der Waals surface area contributed by atoms with E-state index < -0.39 is 17.8 Å². The number of halogens is 2. The Kier molecular flexibility index (Phi) is 7.37. The zero-order chi connectivity index (χ0) is 19.3. The summed E-state index contributed by atoms with van der Waals surface area (Å²) in [5.41, 5.74) is 1.07. The van der Waals surface area contributed by atoms with Crippen molar-refractivity contribution in [3.8, 4) is 0 Å². The number of methoxy groups -OCH3 is 1. The largest absolute Gasteiger partial charge is 0.466 e. The monoisotopic (exact) mass is 400 g/mol. The van der Waals surface area contributed by atoms with Crippen molar-refractivity contribution in [3.63, 3.8) is 0 Å². The van der Waals surface area contributed by atoms with Gasteiger partial charge in [0.2, 0.25) is 0 Å². The van der Waals surface area contributed by atoms with E-state index in [-0.39, 0.29) is 16.2 Å². The van der Waals surface area contributed by atoms with Crippen molar-refractivity contribution in [1.29, 1.82) is 0 Å². The van der Waals surface area contributed by atoms with Crippen LogP contribution in [0.3, 0.4) is 0 Å². The van der Waals surface area contributed by atoms with Gasteiger partial charge in [0, 0.05) is 36.0 Å². The Hall–Kier alpha value is -1.70. The number of hydrogen-bond acceptors (Lipinski definition) is 4. The van der Waals surface area contributed by atoms with Gasteiger partial charge in [-0.05, 0) is 44.6 Å². The Balaban J connectivity index is 2.43. The minimum absolute atomic E-state index is 0.172. The first-order chi connectivity index (χ1) is 12.4. The van der Waals surface area contributed by atoms with Gasteiger partial charge in [-0.25, -0.2) is 9.18 Å². The predicted octanol–water partition coefficient (Wildman–Crippen LogP) is 3.58. The number of ether oxygens (including phenoxy) is 2. The fraction of sp³-hybridized carbons (Fsp3) is 0.444. The van der Waals surface area contributed by atoms with Crippen LogP contribution in [-0.2, 0) is 14.3 Å². The van der Waals surface area contributed by atoms with Crippen molar-refractivity contribution in [1.82, 2.24) is 10.2 Å². The van der Waals surface area contributed by atoms with Crippen LogP contribution in [-0.4, -0.2) is 42.8 Å². The van der Waals surface area contributed by atoms with Gasteiger partial charge in [0.15, 0.2) is 5.11 Å². The van der Waals surface area contributed by atoms with E-state index in [4.69, 9.17) is 33.3 Å². The highest BCUT2D eigenvalue weighted by atomic mass is 35.5. The Morgan fingerprint density at radius 1 is 1.46 bits per heavy atom. The molecule has 1 heterocycles. The number of rotatable bonds is 7. The molecule has 142 valence electrons. The number of nitrogens with zero attached hydrogens (tertiary/aromatic N) is 1. The number of thiocarbonyl (C=S) groups is 1. The molecular formula is C18H22ClFN2O3S. The van der Waals surface area contributed by atoms with Crippen LogP contribution in [0.25, 0.3) is 0 Å². The average Bonchev–Trinajstić information content (AvgIpc) is 2.60. The highest BCUT2D eigenvalue weighted by Gasteiger charge is 2.36. The van der Waals surface area contributed by atoms with E-state index in [1.54, 1.807) is 17.9 Å². The van der Waals surface area contributed by atoms with Crippen molar-refractivity contribution in [2.24, 2.45) is 0 Å². The van der Waals surface area contributed by atoms with E-state index >= 15 is 0 Å². The lowest BCUT2D eigenvalue weighted by atomic mass is 9.94. The quantitative estimate of drug-likeness (QED) is 0.429. The van der Waals surface area contributed by atoms with Crippen LogP contribution in [0.5, 0.6) is 0 Å². The van der Waals surface area contributed by atoms with Gasteiger partial charge >= 0.3 is 5.97 Å². The maximum Gasteiger partial charge on any atom is 0.337 e. The molecule has 0 spiro atoms. The smallest absolute Gasteiger partial charge is 0.337 e. The summed E-state index contributed by atoms with van der Waals surface area (Å²) >= 11 is 11.6. The molecule has 8 heteroatoms. The Labute approximate surface area is 163 Å². The maximum atomic E-state index is 14.4. The molecule has 0 unspecified atom stereocenters. The van der Waals surface area contributed by atoms with Gasteiger partial charge < -0.3 is 19.7 Å². The van der Waals surface area contributed by atoms with Crippen LogP contribution in [0.1, 0.15) is 31.9 Å². The van der Waals surface area contributed by atoms with E-state index in [9.17, 15) is 9.18 Å². The zero-order valence-corrected chi connectivity index (χ0v) is 16.5. The fourth-order valence-corrected chi connectivity index (χ4v) is 3.52. The molecule has 0 aliphatic carbocycles. The Morgan fingerprint density at radius 2 is 2.19 bits per heavy atom. The summed E-state index contributed by atoms with van der Waals surface area (Å²) in [4.78, 5) is 14.2. The van der Waals surface area contributed by atoms with Gasteiger partial charge in [-0.1, -0.05) is 17.7 Å². The molecular weight excluding hydrogens is 379 g/mol. The predicted molar refractivity (Wildman–Crippen MR) is 102 cm³/mol. The van der Waals surface area contributed by atoms with E-state index in [1.807, 2.05) is 6.92 Å². The van der Waals surface area contributed by atoms with Crippen LogP contribution in [0.15, 0.2) is 29.5 Å². The van der Waals surface area contributed by atoms with Crippen LogP contribution in [0.4, 0.5) is 4.39 Å². The third-order valence-electron chi connectivity index (χ3n) is 4.16. The molecule has 0 saturated heterocycles. The van der Waals surface area contributed by atoms with Crippen LogP contribution < -0.4 is 5.32 Å². The number of esters is 1. The molecule has 1 atom stereocenters. The summed E-state index contributed by atoms with van der Waals surface area (Å²) in [6.45, 7) is 5.48. The first kappa shape index (κ1) is 20.6. The topological polar surface area (TPSA) is 50.8 Å². The molecule has 1 aliphatic rings.